The Kier molecular flexibility index (Phi) is 4.02. The molecule has 72 valence electrons. The predicted molar refractivity (Wildman–Crippen MR) is 51.4 cm³/mol. The van der Waals surface area contributed by atoms with Crippen molar-refractivity contribution in [3.05, 3.63) is 0 Å². The molecule has 0 spiro atoms. The van der Waals surface area contributed by atoms with Gasteiger partial charge in [-0.05, 0) is 25.8 Å². The van der Waals surface area contributed by atoms with E-state index < -0.39 is 0 Å². The highest BCUT2D eigenvalue weighted by atomic mass is 16.5. The van der Waals surface area contributed by atoms with Gasteiger partial charge in [0, 0.05) is 12.6 Å². The summed E-state index contributed by atoms with van der Waals surface area (Å²) in [6.07, 6.45) is 6.51. The zero-order chi connectivity index (χ0) is 8.86. The van der Waals surface area contributed by atoms with E-state index in [1.165, 1.54) is 32.1 Å². The van der Waals surface area contributed by atoms with Crippen LogP contribution in [0.3, 0.4) is 0 Å². The zero-order valence-electron chi connectivity index (χ0n) is 8.36. The van der Waals surface area contributed by atoms with Gasteiger partial charge in [-0.1, -0.05) is 19.8 Å². The van der Waals surface area contributed by atoms with Gasteiger partial charge in [-0.3, -0.25) is 0 Å². The van der Waals surface area contributed by atoms with Crippen LogP contribution >= 0.6 is 0 Å². The van der Waals surface area contributed by atoms with E-state index in [2.05, 4.69) is 12.2 Å². The molecule has 1 fully saturated rings. The Balaban J connectivity index is 2.48. The number of ether oxygens (including phenoxy) is 1. The molecule has 1 unspecified atom stereocenters. The number of hydrogen-bond acceptors (Lipinski definition) is 2. The van der Waals surface area contributed by atoms with Gasteiger partial charge in [0.05, 0.1) is 6.61 Å². The fraction of sp³-hybridized carbons (Fsp3) is 1.00. The van der Waals surface area contributed by atoms with Gasteiger partial charge in [0.2, 0.25) is 0 Å². The first-order chi connectivity index (χ1) is 5.83. The molecule has 0 aromatic carbocycles. The smallest absolute Gasteiger partial charge is 0.0644 e. The van der Waals surface area contributed by atoms with Crippen molar-refractivity contribution >= 4 is 0 Å². The summed E-state index contributed by atoms with van der Waals surface area (Å²) in [6.45, 7) is 4.28. The van der Waals surface area contributed by atoms with Gasteiger partial charge in [-0.25, -0.2) is 0 Å². The van der Waals surface area contributed by atoms with E-state index in [1.807, 2.05) is 0 Å². The maximum Gasteiger partial charge on any atom is 0.0644 e. The fourth-order valence-electron chi connectivity index (χ4n) is 2.01. The summed E-state index contributed by atoms with van der Waals surface area (Å²) in [5, 5.41) is 3.62. The molecule has 0 saturated carbocycles. The summed E-state index contributed by atoms with van der Waals surface area (Å²) in [7, 11) is 1.80. The van der Waals surface area contributed by atoms with E-state index in [0.717, 1.165) is 13.2 Å². The molecule has 0 radical (unpaired) electrons. The lowest BCUT2D eigenvalue weighted by Crippen LogP contribution is -2.47. The zero-order valence-corrected chi connectivity index (χ0v) is 8.36. The highest BCUT2D eigenvalue weighted by Crippen LogP contribution is 2.22. The number of nitrogens with one attached hydrogen (secondary N) is 1. The van der Waals surface area contributed by atoms with Crippen molar-refractivity contribution in [2.45, 2.75) is 44.6 Å². The molecule has 0 amide bonds. The topological polar surface area (TPSA) is 21.3 Å². The molecule has 2 nitrogen and oxygen atoms in total. The average molecular weight is 171 g/mol. The van der Waals surface area contributed by atoms with E-state index in [1.54, 1.807) is 7.11 Å². The van der Waals surface area contributed by atoms with E-state index in [4.69, 9.17) is 4.74 Å². The van der Waals surface area contributed by atoms with Crippen LogP contribution in [0.15, 0.2) is 0 Å². The van der Waals surface area contributed by atoms with Gasteiger partial charge >= 0.3 is 0 Å². The first kappa shape index (κ1) is 10.0. The van der Waals surface area contributed by atoms with Crippen LogP contribution in [-0.2, 0) is 4.74 Å². The molecule has 1 saturated heterocycles. The minimum atomic E-state index is 0.283. The normalized spacial score (nSPS) is 31.5. The van der Waals surface area contributed by atoms with Gasteiger partial charge in [-0.15, -0.1) is 0 Å². The van der Waals surface area contributed by atoms with Crippen LogP contribution < -0.4 is 5.32 Å². The summed E-state index contributed by atoms with van der Waals surface area (Å²) >= 11 is 0. The summed E-state index contributed by atoms with van der Waals surface area (Å²) in [4.78, 5) is 0. The molecule has 0 aromatic heterocycles. The van der Waals surface area contributed by atoms with Crippen molar-refractivity contribution in [2.75, 3.05) is 20.3 Å². The summed E-state index contributed by atoms with van der Waals surface area (Å²) in [5.74, 6) is 0. The molecule has 0 bridgehead atoms. The van der Waals surface area contributed by atoms with E-state index in [0.29, 0.717) is 0 Å². The van der Waals surface area contributed by atoms with Gasteiger partial charge in [0.15, 0.2) is 0 Å². The minimum absolute atomic E-state index is 0.283. The van der Waals surface area contributed by atoms with E-state index >= 15 is 0 Å². The van der Waals surface area contributed by atoms with Crippen molar-refractivity contribution in [3.63, 3.8) is 0 Å². The molecule has 1 N–H and O–H groups in total. The third-order valence-corrected chi connectivity index (χ3v) is 2.93. The summed E-state index contributed by atoms with van der Waals surface area (Å²) < 4.78 is 5.27. The molecular formula is C10H21NO. The summed E-state index contributed by atoms with van der Waals surface area (Å²) in [5.41, 5.74) is 0.283. The Bertz CT molecular complexity index is 117. The number of methoxy groups -OCH3 is 1. The maximum atomic E-state index is 5.27. The quantitative estimate of drug-likeness (QED) is 0.700. The van der Waals surface area contributed by atoms with Crippen LogP contribution in [0.1, 0.15) is 39.0 Å². The first-order valence-electron chi connectivity index (χ1n) is 5.07. The van der Waals surface area contributed by atoms with Crippen molar-refractivity contribution in [2.24, 2.45) is 0 Å². The van der Waals surface area contributed by atoms with Crippen LogP contribution in [0.5, 0.6) is 0 Å². The van der Waals surface area contributed by atoms with Crippen LogP contribution in [0, 0.1) is 0 Å². The van der Waals surface area contributed by atoms with Crippen LogP contribution in [0.2, 0.25) is 0 Å². The van der Waals surface area contributed by atoms with Gasteiger partial charge < -0.3 is 10.1 Å². The highest BCUT2D eigenvalue weighted by molar-refractivity contribution is 4.88. The average Bonchev–Trinajstić information content (AvgIpc) is 2.32. The molecule has 12 heavy (non-hydrogen) atoms. The highest BCUT2D eigenvalue weighted by Gasteiger charge is 2.28. The predicted octanol–water partition coefficient (Wildman–Crippen LogP) is 1.95. The molecule has 2 heteroatoms. The van der Waals surface area contributed by atoms with Crippen LogP contribution in [-0.4, -0.2) is 25.8 Å². The SMILES string of the molecule is CCC1(COC)CCCCCN1. The monoisotopic (exact) mass is 171 g/mol. The van der Waals surface area contributed by atoms with Crippen LogP contribution in [0.25, 0.3) is 0 Å². The second-order valence-corrected chi connectivity index (χ2v) is 3.80. The fourth-order valence-corrected chi connectivity index (χ4v) is 2.01. The molecular weight excluding hydrogens is 150 g/mol. The first-order valence-corrected chi connectivity index (χ1v) is 5.07. The lowest BCUT2D eigenvalue weighted by atomic mass is 9.92. The lowest BCUT2D eigenvalue weighted by molar-refractivity contribution is 0.103. The molecule has 1 aliphatic rings. The number of hydrogen-bond donors (Lipinski definition) is 1. The molecule has 1 atom stereocenters. The van der Waals surface area contributed by atoms with Gasteiger partial charge in [0.1, 0.15) is 0 Å². The molecule has 1 heterocycles. The molecule has 0 aliphatic carbocycles. The third-order valence-electron chi connectivity index (χ3n) is 2.93. The van der Waals surface area contributed by atoms with Crippen LogP contribution in [0.4, 0.5) is 0 Å². The van der Waals surface area contributed by atoms with E-state index in [9.17, 15) is 0 Å². The van der Waals surface area contributed by atoms with Crippen molar-refractivity contribution in [1.29, 1.82) is 0 Å². The maximum absolute atomic E-state index is 5.27. The second kappa shape index (κ2) is 4.83. The van der Waals surface area contributed by atoms with Crippen molar-refractivity contribution in [1.82, 2.24) is 5.32 Å². The van der Waals surface area contributed by atoms with E-state index in [-0.39, 0.29) is 5.54 Å². The Morgan fingerprint density at radius 3 is 2.83 bits per heavy atom. The third kappa shape index (κ3) is 2.46. The van der Waals surface area contributed by atoms with Crippen molar-refractivity contribution in [3.8, 4) is 0 Å². The largest absolute Gasteiger partial charge is 0.383 e. The van der Waals surface area contributed by atoms with Gasteiger partial charge in [0.25, 0.3) is 0 Å². The standard InChI is InChI=1S/C10H21NO/c1-3-10(9-12-2)7-5-4-6-8-11-10/h11H,3-9H2,1-2H3. The van der Waals surface area contributed by atoms with Gasteiger partial charge in [-0.2, -0.15) is 0 Å². The minimum Gasteiger partial charge on any atom is -0.383 e. The number of rotatable bonds is 3. The Hall–Kier alpha value is -0.0800. The summed E-state index contributed by atoms with van der Waals surface area (Å²) in [6, 6.07) is 0. The second-order valence-electron chi connectivity index (χ2n) is 3.80. The molecule has 0 aromatic rings. The lowest BCUT2D eigenvalue weighted by Gasteiger charge is -2.31. The Morgan fingerprint density at radius 2 is 2.17 bits per heavy atom. The molecule has 1 rings (SSSR count). The molecule has 1 aliphatic heterocycles. The Labute approximate surface area is 75.7 Å². The van der Waals surface area contributed by atoms with Crippen molar-refractivity contribution < 1.29 is 4.74 Å². The Morgan fingerprint density at radius 1 is 1.33 bits per heavy atom.